The minimum Gasteiger partial charge on any atom is -0.485 e. The Morgan fingerprint density at radius 2 is 1.66 bits per heavy atom. The molecule has 11 heteroatoms. The van der Waals surface area contributed by atoms with Crippen molar-refractivity contribution in [3.8, 4) is 11.5 Å². The van der Waals surface area contributed by atoms with Gasteiger partial charge in [-0.1, -0.05) is 12.1 Å². The van der Waals surface area contributed by atoms with Gasteiger partial charge in [-0.2, -0.15) is 0 Å². The summed E-state index contributed by atoms with van der Waals surface area (Å²) in [5.74, 6) is 0.837. The van der Waals surface area contributed by atoms with Crippen molar-refractivity contribution < 1.29 is 27.5 Å². The molecular weight excluding hydrogens is 436 g/mol. The van der Waals surface area contributed by atoms with Crippen molar-refractivity contribution in [2.75, 3.05) is 44.6 Å². The first-order valence-corrected chi connectivity index (χ1v) is 11.7. The number of nitrogens with two attached hydrogens (primary N) is 1. The van der Waals surface area contributed by atoms with Crippen molar-refractivity contribution >= 4 is 27.5 Å². The number of amides is 2. The number of rotatable bonds is 5. The number of benzene rings is 2. The largest absolute Gasteiger partial charge is 0.485 e. The lowest BCUT2D eigenvalue weighted by Gasteiger charge is -2.36. The zero-order chi connectivity index (χ0) is 22.7. The number of nitrogens with one attached hydrogen (secondary N) is 1. The summed E-state index contributed by atoms with van der Waals surface area (Å²) in [6.07, 6.45) is -0.681. The van der Waals surface area contributed by atoms with Gasteiger partial charge in [0.25, 0.3) is 5.91 Å². The highest BCUT2D eigenvalue weighted by Gasteiger charge is 2.32. The van der Waals surface area contributed by atoms with E-state index in [1.165, 1.54) is 24.3 Å². The number of ether oxygens (including phenoxy) is 2. The predicted octanol–water partition coefficient (Wildman–Crippen LogP) is 0.257. The van der Waals surface area contributed by atoms with E-state index in [1.54, 1.807) is 17.0 Å². The molecule has 2 aliphatic heterocycles. The number of nitrogens with zero attached hydrogens (tertiary/aromatic N) is 2. The molecule has 0 radical (unpaired) electrons. The minimum absolute atomic E-state index is 0.0212. The van der Waals surface area contributed by atoms with E-state index in [4.69, 9.17) is 14.6 Å². The number of primary sulfonamides is 1. The van der Waals surface area contributed by atoms with E-state index in [0.29, 0.717) is 43.4 Å². The zero-order valence-corrected chi connectivity index (χ0v) is 18.1. The summed E-state index contributed by atoms with van der Waals surface area (Å²) in [5.41, 5.74) is 0.478. The number of carbonyl (C=O) groups is 2. The normalized spacial score (nSPS) is 18.8. The van der Waals surface area contributed by atoms with Crippen LogP contribution in [-0.2, 0) is 19.6 Å². The molecule has 0 aliphatic carbocycles. The van der Waals surface area contributed by atoms with Crippen LogP contribution in [0.25, 0.3) is 0 Å². The highest BCUT2D eigenvalue weighted by atomic mass is 32.2. The molecule has 4 rings (SSSR count). The predicted molar refractivity (Wildman–Crippen MR) is 116 cm³/mol. The van der Waals surface area contributed by atoms with Crippen LogP contribution in [0.15, 0.2) is 53.4 Å². The van der Waals surface area contributed by atoms with Crippen molar-refractivity contribution in [2.24, 2.45) is 5.14 Å². The monoisotopic (exact) mass is 460 g/mol. The Balaban J connectivity index is 1.24. The number of piperazine rings is 1. The van der Waals surface area contributed by atoms with Crippen LogP contribution in [0.5, 0.6) is 11.5 Å². The summed E-state index contributed by atoms with van der Waals surface area (Å²) in [6.45, 7) is 2.40. The summed E-state index contributed by atoms with van der Waals surface area (Å²) >= 11 is 0. The third kappa shape index (κ3) is 5.18. The standard InChI is InChI=1S/C21H24N4O6S/c22-32(28,29)16-7-5-15(6-8-16)23-20(26)13-24-9-11-25(12-10-24)21(27)19-14-30-17-3-1-2-4-18(17)31-19/h1-8,19H,9-14H2,(H,23,26)(H2,22,28,29)/t19-/m1/s1. The Hall–Kier alpha value is -3.15. The van der Waals surface area contributed by atoms with Crippen molar-refractivity contribution in [1.29, 1.82) is 0 Å². The molecule has 1 fully saturated rings. The Morgan fingerprint density at radius 3 is 2.31 bits per heavy atom. The maximum absolute atomic E-state index is 12.8. The second-order valence-corrected chi connectivity index (χ2v) is 9.14. The van der Waals surface area contributed by atoms with Crippen molar-refractivity contribution in [1.82, 2.24) is 9.80 Å². The molecule has 170 valence electrons. The molecule has 32 heavy (non-hydrogen) atoms. The molecule has 2 aliphatic rings. The van der Waals surface area contributed by atoms with Crippen LogP contribution < -0.4 is 19.9 Å². The highest BCUT2D eigenvalue weighted by Crippen LogP contribution is 2.31. The fraction of sp³-hybridized carbons (Fsp3) is 0.333. The number of carbonyl (C=O) groups excluding carboxylic acids is 2. The molecular formula is C21H24N4O6S. The number of fused-ring (bicyclic) bond motifs is 1. The molecule has 2 heterocycles. The Bertz CT molecular complexity index is 1100. The first-order valence-electron chi connectivity index (χ1n) is 10.1. The van der Waals surface area contributed by atoms with Crippen molar-refractivity contribution in [2.45, 2.75) is 11.0 Å². The molecule has 1 saturated heterocycles. The lowest BCUT2D eigenvalue weighted by molar-refractivity contribution is -0.143. The third-order valence-electron chi connectivity index (χ3n) is 5.30. The molecule has 2 aromatic carbocycles. The van der Waals surface area contributed by atoms with Crippen molar-refractivity contribution in [3.05, 3.63) is 48.5 Å². The van der Waals surface area contributed by atoms with Crippen LogP contribution in [0, 0.1) is 0 Å². The van der Waals surface area contributed by atoms with Crippen LogP contribution in [0.2, 0.25) is 0 Å². The van der Waals surface area contributed by atoms with E-state index in [2.05, 4.69) is 5.32 Å². The first kappa shape index (κ1) is 22.1. The molecule has 0 aromatic heterocycles. The smallest absolute Gasteiger partial charge is 0.267 e. The molecule has 3 N–H and O–H groups in total. The zero-order valence-electron chi connectivity index (χ0n) is 17.3. The van der Waals surface area contributed by atoms with E-state index in [-0.39, 0.29) is 29.9 Å². The van der Waals surface area contributed by atoms with Gasteiger partial charge in [-0.25, -0.2) is 13.6 Å². The quantitative estimate of drug-likeness (QED) is 0.654. The van der Waals surface area contributed by atoms with E-state index in [1.807, 2.05) is 17.0 Å². The third-order valence-corrected chi connectivity index (χ3v) is 6.23. The maximum atomic E-state index is 12.8. The van der Waals surface area contributed by atoms with Gasteiger partial charge in [-0.3, -0.25) is 14.5 Å². The molecule has 0 saturated carbocycles. The summed E-state index contributed by atoms with van der Waals surface area (Å²) in [7, 11) is -3.78. The molecule has 10 nitrogen and oxygen atoms in total. The van der Waals surface area contributed by atoms with Crippen molar-refractivity contribution in [3.63, 3.8) is 0 Å². The SMILES string of the molecule is NS(=O)(=O)c1ccc(NC(=O)CN2CCN(C(=O)[C@H]3COc4ccccc4O3)CC2)cc1. The van der Waals surface area contributed by atoms with Gasteiger partial charge in [0, 0.05) is 31.9 Å². The Kier molecular flexibility index (Phi) is 6.31. The lowest BCUT2D eigenvalue weighted by Crippen LogP contribution is -2.54. The van der Waals surface area contributed by atoms with Gasteiger partial charge in [0.05, 0.1) is 11.4 Å². The minimum atomic E-state index is -3.78. The topological polar surface area (TPSA) is 131 Å². The summed E-state index contributed by atoms with van der Waals surface area (Å²) < 4.78 is 34.0. The van der Waals surface area contributed by atoms with Crippen LogP contribution in [-0.4, -0.2) is 75.5 Å². The molecule has 0 bridgehead atoms. The summed E-state index contributed by atoms with van der Waals surface area (Å²) in [6, 6.07) is 12.9. The molecule has 2 aromatic rings. The fourth-order valence-corrected chi connectivity index (χ4v) is 4.12. The van der Waals surface area contributed by atoms with Crippen LogP contribution in [0.1, 0.15) is 0 Å². The summed E-state index contributed by atoms with van der Waals surface area (Å²) in [4.78, 5) is 28.8. The van der Waals surface area contributed by atoms with Crippen LogP contribution in [0.3, 0.4) is 0 Å². The van der Waals surface area contributed by atoms with Gasteiger partial charge in [-0.05, 0) is 36.4 Å². The Morgan fingerprint density at radius 1 is 1.00 bits per heavy atom. The average Bonchev–Trinajstić information content (AvgIpc) is 2.78. The van der Waals surface area contributed by atoms with E-state index < -0.39 is 16.1 Å². The second-order valence-electron chi connectivity index (χ2n) is 7.58. The van der Waals surface area contributed by atoms with Gasteiger partial charge in [0.1, 0.15) is 6.61 Å². The molecule has 1 atom stereocenters. The highest BCUT2D eigenvalue weighted by molar-refractivity contribution is 7.89. The second kappa shape index (κ2) is 9.15. The van der Waals surface area contributed by atoms with Gasteiger partial charge in [0.2, 0.25) is 22.0 Å². The van der Waals surface area contributed by atoms with Gasteiger partial charge < -0.3 is 19.7 Å². The first-order chi connectivity index (χ1) is 15.3. The van der Waals surface area contributed by atoms with E-state index in [9.17, 15) is 18.0 Å². The lowest BCUT2D eigenvalue weighted by atomic mass is 10.2. The fourth-order valence-electron chi connectivity index (χ4n) is 3.60. The molecule has 0 spiro atoms. The number of anilines is 1. The number of para-hydroxylation sites is 2. The van der Waals surface area contributed by atoms with Gasteiger partial charge in [-0.15, -0.1) is 0 Å². The number of hydrogen-bond donors (Lipinski definition) is 2. The Labute approximate surface area is 185 Å². The van der Waals surface area contributed by atoms with E-state index in [0.717, 1.165) is 0 Å². The molecule has 2 amide bonds. The number of hydrogen-bond acceptors (Lipinski definition) is 7. The van der Waals surface area contributed by atoms with E-state index >= 15 is 0 Å². The average molecular weight is 461 g/mol. The van der Waals surface area contributed by atoms with Gasteiger partial charge >= 0.3 is 0 Å². The maximum Gasteiger partial charge on any atom is 0.267 e. The number of sulfonamides is 1. The summed E-state index contributed by atoms with van der Waals surface area (Å²) in [5, 5.41) is 7.80. The van der Waals surface area contributed by atoms with Crippen LogP contribution >= 0.6 is 0 Å². The van der Waals surface area contributed by atoms with Gasteiger partial charge in [0.15, 0.2) is 11.5 Å². The molecule has 0 unspecified atom stereocenters. The van der Waals surface area contributed by atoms with Crippen LogP contribution in [0.4, 0.5) is 5.69 Å².